The second-order valence-electron chi connectivity index (χ2n) is 3.90. The lowest BCUT2D eigenvalue weighted by molar-refractivity contribution is 0.820. The van der Waals surface area contributed by atoms with Crippen LogP contribution in [0.1, 0.15) is 24.6 Å². The maximum atomic E-state index is 5.64. The highest BCUT2D eigenvalue weighted by molar-refractivity contribution is 5.77. The van der Waals surface area contributed by atoms with Crippen LogP contribution in [0.2, 0.25) is 0 Å². The monoisotopic (exact) mass is 188 g/mol. The molecule has 0 amide bonds. The van der Waals surface area contributed by atoms with Gasteiger partial charge in [-0.05, 0) is 12.8 Å². The molecule has 14 heavy (non-hydrogen) atoms. The van der Waals surface area contributed by atoms with Crippen molar-refractivity contribution in [2.75, 3.05) is 5.73 Å². The molecule has 72 valence electrons. The molecule has 3 rings (SSSR count). The van der Waals surface area contributed by atoms with Gasteiger partial charge in [0.15, 0.2) is 0 Å². The van der Waals surface area contributed by atoms with Gasteiger partial charge < -0.3 is 10.3 Å². The molecule has 2 N–H and O–H groups in total. The van der Waals surface area contributed by atoms with Crippen molar-refractivity contribution in [2.45, 2.75) is 18.8 Å². The molecule has 4 nitrogen and oxygen atoms in total. The SMILES string of the molecule is Cn1c(C2CC2)nc2cnc(N)cc21. The molecule has 1 fully saturated rings. The number of fused-ring (bicyclic) bond motifs is 1. The molecule has 2 aromatic heterocycles. The van der Waals surface area contributed by atoms with E-state index in [4.69, 9.17) is 5.73 Å². The van der Waals surface area contributed by atoms with Gasteiger partial charge in [-0.2, -0.15) is 0 Å². The first-order valence-electron chi connectivity index (χ1n) is 4.83. The van der Waals surface area contributed by atoms with Crippen molar-refractivity contribution >= 4 is 16.9 Å². The van der Waals surface area contributed by atoms with Gasteiger partial charge in [-0.3, -0.25) is 0 Å². The Kier molecular flexibility index (Phi) is 1.37. The lowest BCUT2D eigenvalue weighted by Crippen LogP contribution is -1.95. The summed E-state index contributed by atoms with van der Waals surface area (Å²) in [6.07, 6.45) is 4.27. The number of anilines is 1. The van der Waals surface area contributed by atoms with Gasteiger partial charge in [0.05, 0.1) is 11.7 Å². The van der Waals surface area contributed by atoms with Gasteiger partial charge in [0.25, 0.3) is 0 Å². The Balaban J connectivity index is 2.29. The molecule has 0 bridgehead atoms. The quantitative estimate of drug-likeness (QED) is 0.736. The topological polar surface area (TPSA) is 56.7 Å². The summed E-state index contributed by atoms with van der Waals surface area (Å²) < 4.78 is 2.13. The molecule has 1 saturated carbocycles. The van der Waals surface area contributed by atoms with E-state index < -0.39 is 0 Å². The van der Waals surface area contributed by atoms with Crippen molar-refractivity contribution in [1.82, 2.24) is 14.5 Å². The smallest absolute Gasteiger partial charge is 0.125 e. The van der Waals surface area contributed by atoms with Gasteiger partial charge in [-0.25, -0.2) is 9.97 Å². The van der Waals surface area contributed by atoms with Gasteiger partial charge in [-0.15, -0.1) is 0 Å². The molecule has 0 atom stereocenters. The van der Waals surface area contributed by atoms with Crippen molar-refractivity contribution in [3.8, 4) is 0 Å². The van der Waals surface area contributed by atoms with Gasteiger partial charge in [0, 0.05) is 19.0 Å². The molecule has 2 heterocycles. The van der Waals surface area contributed by atoms with Crippen molar-refractivity contribution in [3.63, 3.8) is 0 Å². The van der Waals surface area contributed by atoms with Crippen LogP contribution in [0.25, 0.3) is 11.0 Å². The number of rotatable bonds is 1. The zero-order chi connectivity index (χ0) is 9.71. The van der Waals surface area contributed by atoms with Crippen LogP contribution >= 0.6 is 0 Å². The average Bonchev–Trinajstić information content (AvgIpc) is 2.95. The second-order valence-corrected chi connectivity index (χ2v) is 3.90. The van der Waals surface area contributed by atoms with E-state index in [0.717, 1.165) is 11.0 Å². The van der Waals surface area contributed by atoms with Crippen molar-refractivity contribution in [2.24, 2.45) is 7.05 Å². The third kappa shape index (κ3) is 0.999. The zero-order valence-corrected chi connectivity index (χ0v) is 8.07. The number of nitrogens with zero attached hydrogens (tertiary/aromatic N) is 3. The predicted octanol–water partition coefficient (Wildman–Crippen LogP) is 1.43. The van der Waals surface area contributed by atoms with Crippen LogP contribution in [0, 0.1) is 0 Å². The number of hydrogen-bond donors (Lipinski definition) is 1. The van der Waals surface area contributed by atoms with E-state index in [1.807, 2.05) is 13.1 Å². The average molecular weight is 188 g/mol. The number of hydrogen-bond acceptors (Lipinski definition) is 3. The standard InChI is InChI=1S/C10H12N4/c1-14-8-4-9(11)12-5-7(8)13-10(14)6-2-3-6/h4-6H,2-3H2,1H3,(H2,11,12). The fourth-order valence-electron chi connectivity index (χ4n) is 1.84. The molecule has 1 aliphatic rings. The second kappa shape index (κ2) is 2.47. The van der Waals surface area contributed by atoms with Crippen LogP contribution in [0.15, 0.2) is 12.3 Å². The van der Waals surface area contributed by atoms with E-state index in [0.29, 0.717) is 11.7 Å². The van der Waals surface area contributed by atoms with E-state index in [9.17, 15) is 0 Å². The number of nitrogen functional groups attached to an aromatic ring is 1. The summed E-state index contributed by atoms with van der Waals surface area (Å²) in [5.41, 5.74) is 7.67. The molecular weight excluding hydrogens is 176 g/mol. The molecule has 0 saturated heterocycles. The zero-order valence-electron chi connectivity index (χ0n) is 8.07. The first kappa shape index (κ1) is 7.79. The molecule has 2 aromatic rings. The third-order valence-electron chi connectivity index (χ3n) is 2.77. The minimum atomic E-state index is 0.558. The summed E-state index contributed by atoms with van der Waals surface area (Å²) >= 11 is 0. The fourth-order valence-corrected chi connectivity index (χ4v) is 1.84. The minimum absolute atomic E-state index is 0.558. The first-order valence-corrected chi connectivity index (χ1v) is 4.83. The molecule has 0 aromatic carbocycles. The fraction of sp³-hybridized carbons (Fsp3) is 0.400. The van der Waals surface area contributed by atoms with E-state index in [1.165, 1.54) is 18.7 Å². The molecular formula is C10H12N4. The van der Waals surface area contributed by atoms with E-state index in [1.54, 1.807) is 6.20 Å². The highest BCUT2D eigenvalue weighted by atomic mass is 15.1. The summed E-state index contributed by atoms with van der Waals surface area (Å²) in [5, 5.41) is 0. The lowest BCUT2D eigenvalue weighted by atomic mass is 10.4. The van der Waals surface area contributed by atoms with Crippen LogP contribution in [0.3, 0.4) is 0 Å². The van der Waals surface area contributed by atoms with Crippen LogP contribution < -0.4 is 5.73 Å². The molecule has 0 spiro atoms. The van der Waals surface area contributed by atoms with Crippen molar-refractivity contribution in [1.29, 1.82) is 0 Å². The summed E-state index contributed by atoms with van der Waals surface area (Å²) in [6.45, 7) is 0. The number of imidazole rings is 1. The van der Waals surface area contributed by atoms with Crippen LogP contribution in [0.5, 0.6) is 0 Å². The van der Waals surface area contributed by atoms with Gasteiger partial charge in [0.2, 0.25) is 0 Å². The highest BCUT2D eigenvalue weighted by Gasteiger charge is 2.28. The predicted molar refractivity (Wildman–Crippen MR) is 54.9 cm³/mol. The van der Waals surface area contributed by atoms with Gasteiger partial charge in [-0.1, -0.05) is 0 Å². The highest BCUT2D eigenvalue weighted by Crippen LogP contribution is 2.40. The molecule has 0 aliphatic heterocycles. The van der Waals surface area contributed by atoms with Gasteiger partial charge in [0.1, 0.15) is 17.2 Å². The summed E-state index contributed by atoms with van der Waals surface area (Å²) in [7, 11) is 2.04. The Morgan fingerprint density at radius 3 is 3.00 bits per heavy atom. The normalized spacial score (nSPS) is 16.4. The van der Waals surface area contributed by atoms with Crippen molar-refractivity contribution < 1.29 is 0 Å². The Labute approximate surface area is 81.8 Å². The number of aromatic nitrogens is 3. The summed E-state index contributed by atoms with van der Waals surface area (Å²) in [5.74, 6) is 2.39. The molecule has 1 aliphatic carbocycles. The minimum Gasteiger partial charge on any atom is -0.384 e. The Morgan fingerprint density at radius 1 is 1.50 bits per heavy atom. The van der Waals surface area contributed by atoms with Crippen molar-refractivity contribution in [3.05, 3.63) is 18.1 Å². The van der Waals surface area contributed by atoms with Crippen LogP contribution in [-0.4, -0.2) is 14.5 Å². The number of pyridine rings is 1. The Bertz CT molecular complexity index is 496. The first-order chi connectivity index (χ1) is 6.75. The van der Waals surface area contributed by atoms with E-state index in [-0.39, 0.29) is 0 Å². The Morgan fingerprint density at radius 2 is 2.29 bits per heavy atom. The number of nitrogens with two attached hydrogens (primary N) is 1. The van der Waals surface area contributed by atoms with Crippen LogP contribution in [-0.2, 0) is 7.05 Å². The van der Waals surface area contributed by atoms with E-state index in [2.05, 4.69) is 14.5 Å². The maximum Gasteiger partial charge on any atom is 0.125 e. The number of aryl methyl sites for hydroxylation is 1. The Hall–Kier alpha value is -1.58. The molecule has 0 radical (unpaired) electrons. The van der Waals surface area contributed by atoms with Gasteiger partial charge >= 0.3 is 0 Å². The third-order valence-corrected chi connectivity index (χ3v) is 2.77. The summed E-state index contributed by atoms with van der Waals surface area (Å²) in [6, 6.07) is 1.88. The van der Waals surface area contributed by atoms with E-state index >= 15 is 0 Å². The molecule has 4 heteroatoms. The van der Waals surface area contributed by atoms with Crippen LogP contribution in [0.4, 0.5) is 5.82 Å². The molecule has 0 unspecified atom stereocenters. The lowest BCUT2D eigenvalue weighted by Gasteiger charge is -1.99. The summed E-state index contributed by atoms with van der Waals surface area (Å²) in [4.78, 5) is 8.60. The maximum absolute atomic E-state index is 5.64. The largest absolute Gasteiger partial charge is 0.384 e.